The van der Waals surface area contributed by atoms with E-state index in [0.29, 0.717) is 31.0 Å². The Bertz CT molecular complexity index is 1100. The van der Waals surface area contributed by atoms with Crippen LogP contribution in [0.5, 0.6) is 5.75 Å². The summed E-state index contributed by atoms with van der Waals surface area (Å²) in [6.07, 6.45) is 2.38. The van der Waals surface area contributed by atoms with E-state index < -0.39 is 6.04 Å². The highest BCUT2D eigenvalue weighted by Crippen LogP contribution is 2.20. The second-order valence-corrected chi connectivity index (χ2v) is 10.2. The van der Waals surface area contributed by atoms with Crippen molar-refractivity contribution in [2.45, 2.75) is 51.4 Å². The fourth-order valence-electron chi connectivity index (χ4n) is 4.01. The zero-order valence-corrected chi connectivity index (χ0v) is 22.9. The van der Waals surface area contributed by atoms with Crippen LogP contribution >= 0.6 is 11.8 Å². The first-order valence-corrected chi connectivity index (χ1v) is 14.0. The van der Waals surface area contributed by atoms with Gasteiger partial charge in [-0.1, -0.05) is 85.6 Å². The molecule has 0 aliphatic rings. The summed E-state index contributed by atoms with van der Waals surface area (Å²) in [6.45, 7) is 5.14. The van der Waals surface area contributed by atoms with E-state index in [2.05, 4.69) is 12.2 Å². The third kappa shape index (κ3) is 9.29. The maximum Gasteiger partial charge on any atom is 0.243 e. The van der Waals surface area contributed by atoms with Crippen LogP contribution in [-0.4, -0.2) is 42.2 Å². The van der Waals surface area contributed by atoms with Gasteiger partial charge in [0.25, 0.3) is 0 Å². The minimum atomic E-state index is -0.588. The van der Waals surface area contributed by atoms with Gasteiger partial charge in [0.1, 0.15) is 11.8 Å². The molecule has 1 atom stereocenters. The first-order valence-electron chi connectivity index (χ1n) is 12.9. The van der Waals surface area contributed by atoms with Crippen molar-refractivity contribution in [1.82, 2.24) is 10.2 Å². The Balaban J connectivity index is 1.80. The fraction of sp³-hybridized carbons (Fsp3) is 0.355. The average Bonchev–Trinajstić information content (AvgIpc) is 2.92. The Morgan fingerprint density at radius 2 is 1.59 bits per heavy atom. The van der Waals surface area contributed by atoms with Gasteiger partial charge in [0.2, 0.25) is 11.8 Å². The summed E-state index contributed by atoms with van der Waals surface area (Å²) < 4.78 is 5.23. The molecule has 2 amide bonds. The molecule has 0 bridgehead atoms. The second-order valence-electron chi connectivity index (χ2n) is 9.20. The molecule has 0 spiro atoms. The van der Waals surface area contributed by atoms with Gasteiger partial charge in [0.15, 0.2) is 0 Å². The maximum absolute atomic E-state index is 13.7. The zero-order valence-electron chi connectivity index (χ0n) is 22.1. The molecular weight excluding hydrogens is 480 g/mol. The molecular formula is C31H38N2O3S. The number of rotatable bonds is 14. The highest BCUT2D eigenvalue weighted by atomic mass is 32.2. The summed E-state index contributed by atoms with van der Waals surface area (Å²) in [7, 11) is 1.65. The quantitative estimate of drug-likeness (QED) is 0.274. The molecule has 0 radical (unpaired) electrons. The number of amides is 2. The number of hydrogen-bond acceptors (Lipinski definition) is 4. The highest BCUT2D eigenvalue weighted by molar-refractivity contribution is 7.99. The van der Waals surface area contributed by atoms with E-state index in [1.54, 1.807) is 23.8 Å². The first-order chi connectivity index (χ1) is 18.0. The van der Waals surface area contributed by atoms with E-state index in [9.17, 15) is 9.59 Å². The van der Waals surface area contributed by atoms with Crippen LogP contribution in [0.3, 0.4) is 0 Å². The number of nitrogens with one attached hydrogen (secondary N) is 1. The van der Waals surface area contributed by atoms with Crippen LogP contribution in [0.25, 0.3) is 0 Å². The van der Waals surface area contributed by atoms with Gasteiger partial charge in [-0.15, -0.1) is 11.8 Å². The lowest BCUT2D eigenvalue weighted by Gasteiger charge is -2.31. The third-order valence-electron chi connectivity index (χ3n) is 6.23. The van der Waals surface area contributed by atoms with Gasteiger partial charge in [0, 0.05) is 25.3 Å². The molecule has 3 aromatic carbocycles. The summed E-state index contributed by atoms with van der Waals surface area (Å²) in [4.78, 5) is 28.9. The van der Waals surface area contributed by atoms with Crippen molar-refractivity contribution >= 4 is 23.6 Å². The number of aryl methyl sites for hydroxylation is 1. The van der Waals surface area contributed by atoms with Gasteiger partial charge in [-0.2, -0.15) is 0 Å². The van der Waals surface area contributed by atoms with Crippen molar-refractivity contribution < 1.29 is 14.3 Å². The van der Waals surface area contributed by atoms with Gasteiger partial charge < -0.3 is 15.0 Å². The van der Waals surface area contributed by atoms with Crippen LogP contribution in [0, 0.1) is 6.92 Å². The predicted octanol–water partition coefficient (Wildman–Crippen LogP) is 5.79. The lowest BCUT2D eigenvalue weighted by Crippen LogP contribution is -2.51. The summed E-state index contributed by atoms with van der Waals surface area (Å²) >= 11 is 1.56. The third-order valence-corrected chi connectivity index (χ3v) is 7.22. The number of benzene rings is 3. The molecule has 3 rings (SSSR count). The molecule has 0 unspecified atom stereocenters. The van der Waals surface area contributed by atoms with Crippen LogP contribution in [0.1, 0.15) is 42.0 Å². The fourth-order valence-corrected chi connectivity index (χ4v) is 4.88. The number of unbranched alkanes of at least 4 members (excludes halogenated alkanes) is 1. The Kier molecular flexibility index (Phi) is 11.6. The van der Waals surface area contributed by atoms with Crippen LogP contribution in [0.15, 0.2) is 78.9 Å². The smallest absolute Gasteiger partial charge is 0.243 e. The van der Waals surface area contributed by atoms with E-state index >= 15 is 0 Å². The number of methoxy groups -OCH3 is 1. The van der Waals surface area contributed by atoms with Crippen molar-refractivity contribution in [2.24, 2.45) is 0 Å². The van der Waals surface area contributed by atoms with Crippen molar-refractivity contribution in [1.29, 1.82) is 0 Å². The molecule has 0 saturated heterocycles. The van der Waals surface area contributed by atoms with E-state index in [0.717, 1.165) is 40.8 Å². The number of hydrogen-bond donors (Lipinski definition) is 1. The summed E-state index contributed by atoms with van der Waals surface area (Å²) in [5.41, 5.74) is 4.33. The zero-order chi connectivity index (χ0) is 26.5. The molecule has 0 heterocycles. The van der Waals surface area contributed by atoms with Crippen molar-refractivity contribution in [2.75, 3.05) is 19.4 Å². The van der Waals surface area contributed by atoms with E-state index in [1.165, 1.54) is 0 Å². The normalized spacial score (nSPS) is 11.5. The summed E-state index contributed by atoms with van der Waals surface area (Å²) in [5, 5.41) is 3.08. The van der Waals surface area contributed by atoms with E-state index in [4.69, 9.17) is 4.74 Å². The Morgan fingerprint density at radius 3 is 2.24 bits per heavy atom. The minimum absolute atomic E-state index is 0.0364. The van der Waals surface area contributed by atoms with Gasteiger partial charge in [-0.05, 0) is 42.2 Å². The van der Waals surface area contributed by atoms with E-state index in [1.807, 2.05) is 85.8 Å². The molecule has 3 aromatic rings. The molecule has 6 heteroatoms. The number of carbonyl (C=O) groups excluding carboxylic acids is 2. The molecule has 37 heavy (non-hydrogen) atoms. The molecule has 0 fully saturated rings. The SMILES string of the molecule is CCCCNC(=O)[C@H](Cc1ccccc1)N(Cc1ccc(C)cc1)C(=O)CSCc1ccc(OC)cc1. The highest BCUT2D eigenvalue weighted by Gasteiger charge is 2.30. The molecule has 1 N–H and O–H groups in total. The Morgan fingerprint density at radius 1 is 0.919 bits per heavy atom. The van der Waals surface area contributed by atoms with Gasteiger partial charge >= 0.3 is 0 Å². The Hall–Kier alpha value is -3.25. The minimum Gasteiger partial charge on any atom is -0.497 e. The Labute approximate surface area is 225 Å². The lowest BCUT2D eigenvalue weighted by atomic mass is 10.0. The largest absolute Gasteiger partial charge is 0.497 e. The first kappa shape index (κ1) is 28.3. The van der Waals surface area contributed by atoms with Gasteiger partial charge in [0.05, 0.1) is 12.9 Å². The van der Waals surface area contributed by atoms with Crippen LogP contribution in [0.4, 0.5) is 0 Å². The lowest BCUT2D eigenvalue weighted by molar-refractivity contribution is -0.139. The summed E-state index contributed by atoms with van der Waals surface area (Å²) in [6, 6.07) is 25.4. The topological polar surface area (TPSA) is 58.6 Å². The molecule has 5 nitrogen and oxygen atoms in total. The van der Waals surface area contributed by atoms with Gasteiger partial charge in [-0.3, -0.25) is 9.59 Å². The van der Waals surface area contributed by atoms with Crippen molar-refractivity contribution in [3.63, 3.8) is 0 Å². The number of thioether (sulfide) groups is 1. The van der Waals surface area contributed by atoms with E-state index in [-0.39, 0.29) is 11.8 Å². The summed E-state index contributed by atoms with van der Waals surface area (Å²) in [5.74, 6) is 1.68. The monoisotopic (exact) mass is 518 g/mol. The van der Waals surface area contributed by atoms with Gasteiger partial charge in [-0.25, -0.2) is 0 Å². The maximum atomic E-state index is 13.7. The van der Waals surface area contributed by atoms with Crippen LogP contribution < -0.4 is 10.1 Å². The number of nitrogens with zero attached hydrogens (tertiary/aromatic N) is 1. The molecule has 0 saturated carbocycles. The van der Waals surface area contributed by atoms with Crippen molar-refractivity contribution in [3.05, 3.63) is 101 Å². The second kappa shape index (κ2) is 15.1. The van der Waals surface area contributed by atoms with Crippen LogP contribution in [0.2, 0.25) is 0 Å². The van der Waals surface area contributed by atoms with Crippen LogP contribution in [-0.2, 0) is 28.3 Å². The molecule has 0 aliphatic heterocycles. The molecule has 0 aliphatic carbocycles. The predicted molar refractivity (Wildman–Crippen MR) is 153 cm³/mol. The average molecular weight is 519 g/mol. The number of carbonyl (C=O) groups is 2. The molecule has 0 aromatic heterocycles. The molecule has 196 valence electrons. The standard InChI is InChI=1S/C31H38N2O3S/c1-4-5-19-32-31(35)29(20-25-9-7-6-8-10-25)33(21-26-13-11-24(2)12-14-26)30(34)23-37-22-27-15-17-28(36-3)18-16-27/h6-18,29H,4-5,19-23H2,1-3H3,(H,32,35)/t29-/m0/s1. The number of ether oxygens (including phenoxy) is 1. The van der Waals surface area contributed by atoms with Crippen molar-refractivity contribution in [3.8, 4) is 5.75 Å².